The number of halogens is 2. The largest absolute Gasteiger partial charge is 0.356 e. The predicted octanol–water partition coefficient (Wildman–Crippen LogP) is 4.00. The highest BCUT2D eigenvalue weighted by Crippen LogP contribution is 2.49. The lowest BCUT2D eigenvalue weighted by molar-refractivity contribution is 0.213. The van der Waals surface area contributed by atoms with E-state index >= 15 is 0 Å². The Labute approximate surface area is 183 Å². The molecule has 4 nitrogen and oxygen atoms in total. The summed E-state index contributed by atoms with van der Waals surface area (Å²) in [4.78, 5) is 6.84. The Balaban J connectivity index is 0.00000243. The number of aliphatic imine (C=N–C) groups is 1. The summed E-state index contributed by atoms with van der Waals surface area (Å²) in [5.74, 6) is 1.79. The Bertz CT molecular complexity index is 595. The number of nitrogens with one attached hydrogen (secondary N) is 2. The highest BCUT2D eigenvalue weighted by atomic mass is 127. The van der Waals surface area contributed by atoms with Crippen LogP contribution >= 0.6 is 39.9 Å². The summed E-state index contributed by atoms with van der Waals surface area (Å²) >= 11 is 3.71. The number of rotatable bonds is 6. The van der Waals surface area contributed by atoms with Crippen LogP contribution in [0.5, 0.6) is 0 Å². The van der Waals surface area contributed by atoms with E-state index in [2.05, 4.69) is 67.8 Å². The predicted molar refractivity (Wildman–Crippen MR) is 125 cm³/mol. The van der Waals surface area contributed by atoms with E-state index in [0.29, 0.717) is 0 Å². The second kappa shape index (κ2) is 10.3. The third-order valence-corrected chi connectivity index (χ3v) is 6.49. The molecular weight excluding hydrogens is 503 g/mol. The van der Waals surface area contributed by atoms with Crippen molar-refractivity contribution < 1.29 is 0 Å². The van der Waals surface area contributed by atoms with Gasteiger partial charge in [0.1, 0.15) is 0 Å². The minimum absolute atomic E-state index is 0. The Hall–Kier alpha value is -0.340. The van der Waals surface area contributed by atoms with Crippen LogP contribution in [0.3, 0.4) is 0 Å². The van der Waals surface area contributed by atoms with E-state index in [1.807, 2.05) is 7.05 Å². The summed E-state index contributed by atoms with van der Waals surface area (Å²) in [6, 6.07) is 8.61. The van der Waals surface area contributed by atoms with Crippen molar-refractivity contribution >= 4 is 45.9 Å². The van der Waals surface area contributed by atoms with Gasteiger partial charge >= 0.3 is 0 Å². The SMILES string of the molecule is CN=C(NCCC1CCN(C)CC1)NCC1(c2ccccc2Br)CC1.I. The molecule has 1 aromatic rings. The van der Waals surface area contributed by atoms with Crippen LogP contribution in [0.15, 0.2) is 33.7 Å². The van der Waals surface area contributed by atoms with Gasteiger partial charge in [0, 0.05) is 30.0 Å². The van der Waals surface area contributed by atoms with Crippen molar-refractivity contribution in [2.75, 3.05) is 40.3 Å². The Morgan fingerprint density at radius 1 is 1.23 bits per heavy atom. The summed E-state index contributed by atoms with van der Waals surface area (Å²) in [6.45, 7) is 4.44. The molecule has 0 radical (unpaired) electrons. The zero-order chi connectivity index (χ0) is 17.7. The van der Waals surface area contributed by atoms with Gasteiger partial charge in [0.05, 0.1) is 0 Å². The highest BCUT2D eigenvalue weighted by molar-refractivity contribution is 14.0. The maximum Gasteiger partial charge on any atom is 0.191 e. The van der Waals surface area contributed by atoms with Gasteiger partial charge in [-0.15, -0.1) is 24.0 Å². The van der Waals surface area contributed by atoms with Gasteiger partial charge in [0.25, 0.3) is 0 Å². The number of hydrogen-bond donors (Lipinski definition) is 2. The van der Waals surface area contributed by atoms with Crippen molar-refractivity contribution in [2.45, 2.75) is 37.5 Å². The van der Waals surface area contributed by atoms with Crippen LogP contribution in [0.25, 0.3) is 0 Å². The molecule has 0 spiro atoms. The van der Waals surface area contributed by atoms with Crippen LogP contribution in [0.2, 0.25) is 0 Å². The summed E-state index contributed by atoms with van der Waals surface area (Å²) in [6.07, 6.45) is 6.39. The number of nitrogens with zero attached hydrogens (tertiary/aromatic N) is 2. The zero-order valence-corrected chi connectivity index (χ0v) is 19.8. The second-order valence-corrected chi connectivity index (χ2v) is 8.50. The van der Waals surface area contributed by atoms with E-state index in [9.17, 15) is 0 Å². The normalized spacial score (nSPS) is 20.3. The zero-order valence-electron chi connectivity index (χ0n) is 15.9. The Kier molecular flexibility index (Phi) is 8.67. The summed E-state index contributed by atoms with van der Waals surface area (Å²) in [5.41, 5.74) is 1.69. The van der Waals surface area contributed by atoms with Gasteiger partial charge in [-0.3, -0.25) is 4.99 Å². The molecule has 0 bridgehead atoms. The third kappa shape index (κ3) is 5.83. The maximum atomic E-state index is 4.40. The summed E-state index contributed by atoms with van der Waals surface area (Å²) < 4.78 is 1.22. The first-order chi connectivity index (χ1) is 12.1. The average Bonchev–Trinajstić information content (AvgIpc) is 3.41. The number of guanidine groups is 1. The molecular formula is C20H32BrIN4. The first-order valence-electron chi connectivity index (χ1n) is 9.51. The first kappa shape index (κ1) is 22.0. The third-order valence-electron chi connectivity index (χ3n) is 5.80. The molecule has 1 aromatic carbocycles. The molecule has 1 saturated heterocycles. The van der Waals surface area contributed by atoms with Gasteiger partial charge in [0.15, 0.2) is 5.96 Å². The molecule has 3 rings (SSSR count). The van der Waals surface area contributed by atoms with E-state index in [-0.39, 0.29) is 29.4 Å². The molecule has 0 atom stereocenters. The number of hydrogen-bond acceptors (Lipinski definition) is 2. The minimum atomic E-state index is 0. The van der Waals surface area contributed by atoms with Crippen LogP contribution in [0.1, 0.15) is 37.7 Å². The van der Waals surface area contributed by atoms with E-state index in [4.69, 9.17) is 0 Å². The molecule has 2 N–H and O–H groups in total. The van der Waals surface area contributed by atoms with Crippen molar-refractivity contribution in [3.63, 3.8) is 0 Å². The molecule has 1 aliphatic heterocycles. The Morgan fingerprint density at radius 3 is 2.54 bits per heavy atom. The van der Waals surface area contributed by atoms with Crippen molar-refractivity contribution in [2.24, 2.45) is 10.9 Å². The molecule has 6 heteroatoms. The molecule has 2 aliphatic rings. The minimum Gasteiger partial charge on any atom is -0.356 e. The number of benzene rings is 1. The molecule has 1 heterocycles. The molecule has 2 fully saturated rings. The molecule has 26 heavy (non-hydrogen) atoms. The van der Waals surface area contributed by atoms with E-state index in [0.717, 1.165) is 25.0 Å². The fourth-order valence-electron chi connectivity index (χ4n) is 3.80. The van der Waals surface area contributed by atoms with Gasteiger partial charge in [-0.25, -0.2) is 0 Å². The van der Waals surface area contributed by atoms with E-state index in [1.54, 1.807) is 0 Å². The lowest BCUT2D eigenvalue weighted by atomic mass is 9.94. The van der Waals surface area contributed by atoms with Crippen LogP contribution in [-0.2, 0) is 5.41 Å². The van der Waals surface area contributed by atoms with Crippen molar-refractivity contribution in [1.82, 2.24) is 15.5 Å². The topological polar surface area (TPSA) is 39.7 Å². The van der Waals surface area contributed by atoms with Gasteiger partial charge < -0.3 is 15.5 Å². The molecule has 0 unspecified atom stereocenters. The van der Waals surface area contributed by atoms with Gasteiger partial charge in [-0.2, -0.15) is 0 Å². The summed E-state index contributed by atoms with van der Waals surface area (Å²) in [7, 11) is 4.09. The second-order valence-electron chi connectivity index (χ2n) is 7.65. The van der Waals surface area contributed by atoms with E-state index in [1.165, 1.54) is 55.2 Å². The fourth-order valence-corrected chi connectivity index (χ4v) is 4.51. The van der Waals surface area contributed by atoms with E-state index < -0.39 is 0 Å². The number of piperidine rings is 1. The molecule has 146 valence electrons. The van der Waals surface area contributed by atoms with Crippen molar-refractivity contribution in [1.29, 1.82) is 0 Å². The van der Waals surface area contributed by atoms with Crippen LogP contribution in [0, 0.1) is 5.92 Å². The first-order valence-corrected chi connectivity index (χ1v) is 10.3. The highest BCUT2D eigenvalue weighted by Gasteiger charge is 2.45. The molecule has 0 amide bonds. The maximum absolute atomic E-state index is 4.40. The molecule has 0 aromatic heterocycles. The summed E-state index contributed by atoms with van der Waals surface area (Å²) in [5, 5.41) is 7.06. The van der Waals surface area contributed by atoms with Crippen LogP contribution in [-0.4, -0.2) is 51.1 Å². The van der Waals surface area contributed by atoms with Crippen molar-refractivity contribution in [3.05, 3.63) is 34.3 Å². The van der Waals surface area contributed by atoms with Gasteiger partial charge in [-0.1, -0.05) is 34.1 Å². The van der Waals surface area contributed by atoms with Crippen molar-refractivity contribution in [3.8, 4) is 0 Å². The standard InChI is InChI=1S/C20H31BrN4.HI/c1-22-19(23-12-7-16-8-13-25(2)14-9-16)24-15-20(10-11-20)17-5-3-4-6-18(17)21;/h3-6,16H,7-15H2,1-2H3,(H2,22,23,24);1H. The quantitative estimate of drug-likeness (QED) is 0.329. The fraction of sp³-hybridized carbons (Fsp3) is 0.650. The molecule has 1 aliphatic carbocycles. The number of likely N-dealkylation sites (tertiary alicyclic amines) is 1. The molecule has 1 saturated carbocycles. The van der Waals surface area contributed by atoms with Crippen LogP contribution < -0.4 is 10.6 Å². The van der Waals surface area contributed by atoms with Gasteiger partial charge in [0.2, 0.25) is 0 Å². The smallest absolute Gasteiger partial charge is 0.191 e. The lowest BCUT2D eigenvalue weighted by Gasteiger charge is -2.29. The Morgan fingerprint density at radius 2 is 1.92 bits per heavy atom. The monoisotopic (exact) mass is 534 g/mol. The lowest BCUT2D eigenvalue weighted by Crippen LogP contribution is -2.42. The van der Waals surface area contributed by atoms with Gasteiger partial charge in [-0.05, 0) is 69.8 Å². The average molecular weight is 535 g/mol. The van der Waals surface area contributed by atoms with Crippen LogP contribution in [0.4, 0.5) is 0 Å².